The van der Waals surface area contributed by atoms with Crippen molar-refractivity contribution >= 4 is 0 Å². The summed E-state index contributed by atoms with van der Waals surface area (Å²) in [6.07, 6.45) is 21.6. The average molecular weight is 297 g/mol. The summed E-state index contributed by atoms with van der Waals surface area (Å²) in [7, 11) is 0. The van der Waals surface area contributed by atoms with Crippen molar-refractivity contribution in [1.82, 2.24) is 0 Å². The van der Waals surface area contributed by atoms with Gasteiger partial charge in [-0.2, -0.15) is 0 Å². The molecule has 0 rings (SSSR count). The lowest BCUT2D eigenvalue weighted by Crippen LogP contribution is -1.86. The Labute approximate surface area is 136 Å². The molecule has 0 heterocycles. The molecule has 0 aromatic carbocycles. The molecule has 0 aliphatic heterocycles. The van der Waals surface area contributed by atoms with Gasteiger partial charge in [-0.25, -0.2) is 0 Å². The largest absolute Gasteiger partial charge is 0.103 e. The van der Waals surface area contributed by atoms with Crippen molar-refractivity contribution in [2.75, 3.05) is 0 Å². The third-order valence-corrected chi connectivity index (χ3v) is 3.90. The molecule has 0 atom stereocenters. The topological polar surface area (TPSA) is 0 Å². The molecule has 0 aliphatic carbocycles. The van der Waals surface area contributed by atoms with Crippen molar-refractivity contribution in [1.29, 1.82) is 0 Å². The van der Waals surface area contributed by atoms with Gasteiger partial charge < -0.3 is 0 Å². The van der Waals surface area contributed by atoms with Crippen LogP contribution < -0.4 is 0 Å². The van der Waals surface area contributed by atoms with Gasteiger partial charge in [0.25, 0.3) is 0 Å². The fourth-order valence-electron chi connectivity index (χ4n) is 2.40. The predicted molar refractivity (Wildman–Crippen MR) is 101 cm³/mol. The van der Waals surface area contributed by atoms with Crippen LogP contribution in [0.3, 0.4) is 0 Å². The summed E-state index contributed by atoms with van der Waals surface area (Å²) in [4.78, 5) is 0. The molecule has 0 aliphatic rings. The zero-order valence-corrected chi connectivity index (χ0v) is 15.8. The molecular weight excluding hydrogens is 252 g/mol. The third-order valence-electron chi connectivity index (χ3n) is 3.90. The van der Waals surface area contributed by atoms with Crippen LogP contribution in [0.4, 0.5) is 0 Å². The SMILES string of the molecule is C=CCCCCCCCC.CCCCCCCCC(C)C. The second kappa shape index (κ2) is 22.0. The van der Waals surface area contributed by atoms with Crippen LogP contribution in [0.25, 0.3) is 0 Å². The van der Waals surface area contributed by atoms with E-state index in [0.717, 1.165) is 5.92 Å². The molecule has 0 saturated carbocycles. The summed E-state index contributed by atoms with van der Waals surface area (Å²) in [6, 6.07) is 0. The highest BCUT2D eigenvalue weighted by molar-refractivity contribution is 4.65. The highest BCUT2D eigenvalue weighted by atomic mass is 14.0. The van der Waals surface area contributed by atoms with Gasteiger partial charge in [-0.3, -0.25) is 0 Å². The summed E-state index contributed by atoms with van der Waals surface area (Å²) in [5, 5.41) is 0. The number of hydrogen-bond donors (Lipinski definition) is 0. The van der Waals surface area contributed by atoms with E-state index in [0.29, 0.717) is 0 Å². The molecule has 0 spiro atoms. The number of rotatable bonds is 14. The van der Waals surface area contributed by atoms with Crippen LogP contribution in [0.5, 0.6) is 0 Å². The van der Waals surface area contributed by atoms with Crippen molar-refractivity contribution in [2.45, 2.75) is 118 Å². The average Bonchev–Trinajstić information content (AvgIpc) is 2.47. The van der Waals surface area contributed by atoms with Crippen molar-refractivity contribution < 1.29 is 0 Å². The van der Waals surface area contributed by atoms with Gasteiger partial charge in [0, 0.05) is 0 Å². The normalized spacial score (nSPS) is 10.3. The van der Waals surface area contributed by atoms with Crippen LogP contribution >= 0.6 is 0 Å². The lowest BCUT2D eigenvalue weighted by atomic mass is 10.0. The fourth-order valence-corrected chi connectivity index (χ4v) is 2.40. The summed E-state index contributed by atoms with van der Waals surface area (Å²) in [5.41, 5.74) is 0. The monoisotopic (exact) mass is 296 g/mol. The Morgan fingerprint density at radius 2 is 1.10 bits per heavy atom. The van der Waals surface area contributed by atoms with Gasteiger partial charge in [0.1, 0.15) is 0 Å². The summed E-state index contributed by atoms with van der Waals surface area (Å²) >= 11 is 0. The Kier molecular flexibility index (Phi) is 24.1. The third kappa shape index (κ3) is 28.6. The summed E-state index contributed by atoms with van der Waals surface area (Å²) < 4.78 is 0. The molecule has 0 amide bonds. The van der Waals surface area contributed by atoms with E-state index in [1.165, 1.54) is 89.9 Å². The van der Waals surface area contributed by atoms with E-state index in [-0.39, 0.29) is 0 Å². The first-order valence-corrected chi connectivity index (χ1v) is 9.79. The van der Waals surface area contributed by atoms with Crippen LogP contribution in [-0.2, 0) is 0 Å². The van der Waals surface area contributed by atoms with Crippen molar-refractivity contribution in [3.63, 3.8) is 0 Å². The first-order chi connectivity index (χ1) is 10.2. The maximum Gasteiger partial charge on any atom is -0.0353 e. The van der Waals surface area contributed by atoms with Crippen LogP contribution in [0.2, 0.25) is 0 Å². The Morgan fingerprint density at radius 1 is 0.667 bits per heavy atom. The molecule has 0 aromatic rings. The highest BCUT2D eigenvalue weighted by Crippen LogP contribution is 2.10. The molecule has 128 valence electrons. The van der Waals surface area contributed by atoms with Gasteiger partial charge in [0.2, 0.25) is 0 Å². The van der Waals surface area contributed by atoms with E-state index in [4.69, 9.17) is 0 Å². The van der Waals surface area contributed by atoms with Crippen LogP contribution in [0, 0.1) is 5.92 Å². The highest BCUT2D eigenvalue weighted by Gasteiger charge is 1.93. The van der Waals surface area contributed by atoms with Gasteiger partial charge in [0.05, 0.1) is 0 Å². The van der Waals surface area contributed by atoms with Crippen LogP contribution in [-0.4, -0.2) is 0 Å². The Morgan fingerprint density at radius 3 is 1.52 bits per heavy atom. The molecule has 0 aromatic heterocycles. The van der Waals surface area contributed by atoms with Gasteiger partial charge >= 0.3 is 0 Å². The molecular formula is C21H44. The van der Waals surface area contributed by atoms with E-state index in [1.54, 1.807) is 0 Å². The lowest BCUT2D eigenvalue weighted by Gasteiger charge is -2.03. The van der Waals surface area contributed by atoms with E-state index in [1.807, 2.05) is 6.08 Å². The Balaban J connectivity index is 0. The molecule has 21 heavy (non-hydrogen) atoms. The zero-order valence-electron chi connectivity index (χ0n) is 15.8. The van der Waals surface area contributed by atoms with Crippen LogP contribution in [0.1, 0.15) is 118 Å². The van der Waals surface area contributed by atoms with E-state index in [2.05, 4.69) is 34.3 Å². The zero-order chi connectivity index (χ0) is 16.2. The second-order valence-corrected chi connectivity index (χ2v) is 6.80. The van der Waals surface area contributed by atoms with Crippen LogP contribution in [0.15, 0.2) is 12.7 Å². The molecule has 0 N–H and O–H groups in total. The van der Waals surface area contributed by atoms with Gasteiger partial charge in [-0.15, -0.1) is 6.58 Å². The van der Waals surface area contributed by atoms with Crippen molar-refractivity contribution in [2.24, 2.45) is 5.92 Å². The Hall–Kier alpha value is -0.260. The van der Waals surface area contributed by atoms with E-state index in [9.17, 15) is 0 Å². The van der Waals surface area contributed by atoms with Crippen molar-refractivity contribution in [3.05, 3.63) is 12.7 Å². The Bertz CT molecular complexity index is 169. The summed E-state index contributed by atoms with van der Waals surface area (Å²) in [6.45, 7) is 12.8. The smallest absolute Gasteiger partial charge is 0.0353 e. The molecule has 0 bridgehead atoms. The molecule has 0 fully saturated rings. The summed E-state index contributed by atoms with van der Waals surface area (Å²) in [5.74, 6) is 0.904. The molecule has 0 nitrogen and oxygen atoms in total. The van der Waals surface area contributed by atoms with E-state index < -0.39 is 0 Å². The standard InChI is InChI=1S/C11H24.C10H20/c1-4-5-6-7-8-9-10-11(2)3;1-3-5-7-9-10-8-6-4-2/h11H,4-10H2,1-3H3;3H,1,4-10H2,2H3. The lowest BCUT2D eigenvalue weighted by molar-refractivity contribution is 0.514. The van der Waals surface area contributed by atoms with Gasteiger partial charge in [-0.1, -0.05) is 111 Å². The molecule has 0 radical (unpaired) electrons. The molecule has 0 saturated heterocycles. The molecule has 0 heteroatoms. The quantitative estimate of drug-likeness (QED) is 0.223. The number of unbranched alkanes of at least 4 members (excludes halogenated alkanes) is 11. The second-order valence-electron chi connectivity index (χ2n) is 6.80. The van der Waals surface area contributed by atoms with E-state index >= 15 is 0 Å². The number of hydrogen-bond acceptors (Lipinski definition) is 0. The first kappa shape index (κ1) is 23.0. The van der Waals surface area contributed by atoms with Gasteiger partial charge in [0.15, 0.2) is 0 Å². The maximum absolute atomic E-state index is 3.69. The fraction of sp³-hybridized carbons (Fsp3) is 0.905. The van der Waals surface area contributed by atoms with Gasteiger partial charge in [-0.05, 0) is 18.8 Å². The van der Waals surface area contributed by atoms with Crippen molar-refractivity contribution in [3.8, 4) is 0 Å². The predicted octanol–water partition coefficient (Wildman–Crippen LogP) is 8.32. The number of allylic oxidation sites excluding steroid dienone is 1. The molecule has 0 unspecified atom stereocenters. The minimum absolute atomic E-state index is 0.904. The minimum atomic E-state index is 0.904. The first-order valence-electron chi connectivity index (χ1n) is 9.79. The minimum Gasteiger partial charge on any atom is -0.103 e. The maximum atomic E-state index is 3.69.